The van der Waals surface area contributed by atoms with E-state index in [4.69, 9.17) is 0 Å². The Kier molecular flexibility index (Phi) is 4.29. The van der Waals surface area contributed by atoms with Crippen LogP contribution in [0.4, 0.5) is 0 Å². The molecule has 0 bridgehead atoms. The number of rotatable bonds is 4. The molecular weight excluding hydrogens is 282 g/mol. The second-order valence-corrected chi connectivity index (χ2v) is 6.60. The minimum absolute atomic E-state index is 0.00742. The molecule has 4 nitrogen and oxygen atoms in total. The fourth-order valence-electron chi connectivity index (χ4n) is 3.16. The van der Waals surface area contributed by atoms with Crippen molar-refractivity contribution in [3.63, 3.8) is 0 Å². The van der Waals surface area contributed by atoms with Crippen molar-refractivity contribution in [2.24, 2.45) is 5.92 Å². The summed E-state index contributed by atoms with van der Waals surface area (Å²) in [6, 6.07) is 1.90. The van der Waals surface area contributed by atoms with Gasteiger partial charge in [-0.05, 0) is 31.1 Å². The molecule has 2 aromatic heterocycles. The van der Waals surface area contributed by atoms with E-state index in [-0.39, 0.29) is 5.78 Å². The lowest BCUT2D eigenvalue weighted by Gasteiger charge is -2.23. The molecule has 0 saturated heterocycles. The van der Waals surface area contributed by atoms with Crippen molar-refractivity contribution in [3.05, 3.63) is 18.0 Å². The van der Waals surface area contributed by atoms with E-state index < -0.39 is 0 Å². The highest BCUT2D eigenvalue weighted by molar-refractivity contribution is 7.98. The van der Waals surface area contributed by atoms with Gasteiger partial charge < -0.3 is 4.57 Å². The molecule has 1 aliphatic carbocycles. The first kappa shape index (κ1) is 14.6. The van der Waals surface area contributed by atoms with Crippen molar-refractivity contribution in [2.45, 2.75) is 50.7 Å². The second kappa shape index (κ2) is 6.18. The molecule has 0 spiro atoms. The predicted octanol–water partition coefficient (Wildman–Crippen LogP) is 3.94. The smallest absolute Gasteiger partial charge is 0.178 e. The number of hydrogen-bond acceptors (Lipinski definition) is 4. The van der Waals surface area contributed by atoms with Gasteiger partial charge in [0.2, 0.25) is 0 Å². The van der Waals surface area contributed by atoms with Gasteiger partial charge in [-0.25, -0.2) is 4.98 Å². The summed E-state index contributed by atoms with van der Waals surface area (Å²) >= 11 is 1.66. The Balaban J connectivity index is 2.00. The fourth-order valence-corrected chi connectivity index (χ4v) is 3.74. The van der Waals surface area contributed by atoms with Crippen LogP contribution in [0.15, 0.2) is 17.4 Å². The van der Waals surface area contributed by atoms with Crippen molar-refractivity contribution in [3.8, 4) is 0 Å². The molecule has 5 heteroatoms. The van der Waals surface area contributed by atoms with Crippen LogP contribution in [0.1, 0.15) is 49.5 Å². The first-order valence-electron chi connectivity index (χ1n) is 7.60. The summed E-state index contributed by atoms with van der Waals surface area (Å²) in [6.07, 6.45) is 10.4. The molecule has 0 unspecified atom stereocenters. The molecular formula is C16H21N3OS. The van der Waals surface area contributed by atoms with Crippen LogP contribution in [0.3, 0.4) is 0 Å². The molecule has 0 aliphatic heterocycles. The van der Waals surface area contributed by atoms with Crippen LogP contribution < -0.4 is 0 Å². The van der Waals surface area contributed by atoms with Gasteiger partial charge in [0, 0.05) is 13.5 Å². The molecule has 3 rings (SSSR count). The summed E-state index contributed by atoms with van der Waals surface area (Å²) in [5.41, 5.74) is 2.46. The molecule has 112 valence electrons. The number of aromatic nitrogens is 3. The number of thioether (sulfide) groups is 1. The Hall–Kier alpha value is -1.36. The molecule has 0 radical (unpaired) electrons. The zero-order valence-corrected chi connectivity index (χ0v) is 13.4. The summed E-state index contributed by atoms with van der Waals surface area (Å²) in [4.78, 5) is 20.4. The van der Waals surface area contributed by atoms with E-state index in [9.17, 15) is 4.79 Å². The Morgan fingerprint density at radius 3 is 2.81 bits per heavy atom. The van der Waals surface area contributed by atoms with Gasteiger partial charge in [0.1, 0.15) is 11.2 Å². The van der Waals surface area contributed by atoms with E-state index in [1.807, 2.05) is 6.07 Å². The number of carbonyl (C=O) groups is 1. The molecule has 0 atom stereocenters. The SMILES string of the molecule is CSc1nc2cnc(C(C)=O)cc2n1CC1CCCCC1. The summed E-state index contributed by atoms with van der Waals surface area (Å²) in [5, 5.41) is 1.03. The van der Waals surface area contributed by atoms with E-state index in [2.05, 4.69) is 20.8 Å². The summed E-state index contributed by atoms with van der Waals surface area (Å²) in [7, 11) is 0. The zero-order chi connectivity index (χ0) is 14.8. The molecule has 0 aromatic carbocycles. The van der Waals surface area contributed by atoms with E-state index >= 15 is 0 Å². The molecule has 0 N–H and O–H groups in total. The zero-order valence-electron chi connectivity index (χ0n) is 12.6. The monoisotopic (exact) mass is 303 g/mol. The van der Waals surface area contributed by atoms with E-state index in [1.54, 1.807) is 24.9 Å². The van der Waals surface area contributed by atoms with Crippen molar-refractivity contribution in [2.75, 3.05) is 6.26 Å². The van der Waals surface area contributed by atoms with Crippen molar-refractivity contribution >= 4 is 28.6 Å². The van der Waals surface area contributed by atoms with Crippen LogP contribution in [0.5, 0.6) is 0 Å². The van der Waals surface area contributed by atoms with Crippen molar-refractivity contribution in [1.82, 2.24) is 14.5 Å². The number of carbonyl (C=O) groups excluding carboxylic acids is 1. The standard InChI is InChI=1S/C16H21N3OS/c1-11(20)13-8-15-14(9-17-13)18-16(21-2)19(15)10-12-6-4-3-5-7-12/h8-9,12H,3-7,10H2,1-2H3. The topological polar surface area (TPSA) is 47.8 Å². The molecule has 1 saturated carbocycles. The summed E-state index contributed by atoms with van der Waals surface area (Å²) in [6.45, 7) is 2.57. The van der Waals surface area contributed by atoms with Gasteiger partial charge >= 0.3 is 0 Å². The second-order valence-electron chi connectivity index (χ2n) is 5.83. The lowest BCUT2D eigenvalue weighted by atomic mass is 9.89. The van der Waals surface area contributed by atoms with Crippen LogP contribution in [0.2, 0.25) is 0 Å². The average Bonchev–Trinajstić information content (AvgIpc) is 2.85. The number of fused-ring (bicyclic) bond motifs is 1. The van der Waals surface area contributed by atoms with Gasteiger partial charge in [-0.3, -0.25) is 9.78 Å². The molecule has 1 aliphatic rings. The first-order valence-corrected chi connectivity index (χ1v) is 8.82. The maximum Gasteiger partial charge on any atom is 0.178 e. The fraction of sp³-hybridized carbons (Fsp3) is 0.562. The number of hydrogen-bond donors (Lipinski definition) is 0. The Labute approximate surface area is 129 Å². The minimum Gasteiger partial charge on any atom is -0.319 e. The number of ketones is 1. The molecule has 2 heterocycles. The van der Waals surface area contributed by atoms with Crippen molar-refractivity contribution in [1.29, 1.82) is 0 Å². The summed E-state index contributed by atoms with van der Waals surface area (Å²) < 4.78 is 2.28. The summed E-state index contributed by atoms with van der Waals surface area (Å²) in [5.74, 6) is 0.740. The highest BCUT2D eigenvalue weighted by Gasteiger charge is 2.18. The van der Waals surface area contributed by atoms with Gasteiger partial charge in [-0.2, -0.15) is 0 Å². The molecule has 2 aromatic rings. The van der Waals surface area contributed by atoms with Crippen LogP contribution >= 0.6 is 11.8 Å². The lowest BCUT2D eigenvalue weighted by Crippen LogP contribution is -2.14. The molecule has 0 amide bonds. The Bertz CT molecular complexity index is 659. The Morgan fingerprint density at radius 2 is 2.14 bits per heavy atom. The Morgan fingerprint density at radius 1 is 1.38 bits per heavy atom. The van der Waals surface area contributed by atoms with Gasteiger partial charge in [-0.1, -0.05) is 31.0 Å². The maximum atomic E-state index is 11.6. The quantitative estimate of drug-likeness (QED) is 0.634. The van der Waals surface area contributed by atoms with Crippen LogP contribution in [-0.4, -0.2) is 26.6 Å². The normalized spacial score (nSPS) is 16.5. The third-order valence-corrected chi connectivity index (χ3v) is 4.99. The van der Waals surface area contributed by atoms with Gasteiger partial charge in [0.05, 0.1) is 11.7 Å². The number of pyridine rings is 1. The average molecular weight is 303 g/mol. The van der Waals surface area contributed by atoms with E-state index in [1.165, 1.54) is 32.1 Å². The lowest BCUT2D eigenvalue weighted by molar-refractivity contribution is 0.101. The van der Waals surface area contributed by atoms with Crippen molar-refractivity contribution < 1.29 is 4.79 Å². The number of nitrogens with zero attached hydrogens (tertiary/aromatic N) is 3. The van der Waals surface area contributed by atoms with Crippen LogP contribution in [0, 0.1) is 5.92 Å². The van der Waals surface area contributed by atoms with Crippen LogP contribution in [0.25, 0.3) is 11.0 Å². The molecule has 21 heavy (non-hydrogen) atoms. The highest BCUT2D eigenvalue weighted by Crippen LogP contribution is 2.29. The predicted molar refractivity (Wildman–Crippen MR) is 85.9 cm³/mol. The van der Waals surface area contributed by atoms with Gasteiger partial charge in [0.15, 0.2) is 10.9 Å². The highest BCUT2D eigenvalue weighted by atomic mass is 32.2. The van der Waals surface area contributed by atoms with Gasteiger partial charge in [-0.15, -0.1) is 0 Å². The van der Waals surface area contributed by atoms with Crippen LogP contribution in [-0.2, 0) is 6.54 Å². The largest absolute Gasteiger partial charge is 0.319 e. The molecule has 1 fully saturated rings. The first-order chi connectivity index (χ1) is 10.2. The van der Waals surface area contributed by atoms with E-state index in [0.717, 1.165) is 28.7 Å². The third kappa shape index (κ3) is 2.98. The maximum absolute atomic E-state index is 11.6. The van der Waals surface area contributed by atoms with E-state index in [0.29, 0.717) is 5.69 Å². The minimum atomic E-state index is 0.00742. The third-order valence-electron chi connectivity index (χ3n) is 4.31. The number of imidazole rings is 1. The number of Topliss-reactive ketones (excluding diaryl/α,β-unsaturated/α-hetero) is 1. The van der Waals surface area contributed by atoms with Gasteiger partial charge in [0.25, 0.3) is 0 Å².